The van der Waals surface area contributed by atoms with Gasteiger partial charge in [-0.25, -0.2) is 13.1 Å². The number of hydrogen-bond acceptors (Lipinski definition) is 4. The summed E-state index contributed by atoms with van der Waals surface area (Å²) in [5.41, 5.74) is 0. The first-order valence-electron chi connectivity index (χ1n) is 6.93. The fourth-order valence-corrected chi connectivity index (χ4v) is 3.03. The maximum absolute atomic E-state index is 11.7. The lowest BCUT2D eigenvalue weighted by molar-refractivity contribution is 0.233. The number of nitrogens with zero attached hydrogens (tertiary/aromatic N) is 1. The van der Waals surface area contributed by atoms with Crippen molar-refractivity contribution in [3.05, 3.63) is 0 Å². The van der Waals surface area contributed by atoms with Crippen LogP contribution in [0.3, 0.4) is 0 Å². The first kappa shape index (κ1) is 15.9. The third-order valence-corrected chi connectivity index (χ3v) is 4.51. The number of sulfonamides is 1. The number of likely N-dealkylation sites (tertiary alicyclic amines) is 1. The molecule has 1 heterocycles. The molecule has 0 spiro atoms. The Morgan fingerprint density at radius 2 is 1.78 bits per heavy atom. The summed E-state index contributed by atoms with van der Waals surface area (Å²) in [6.07, 6.45) is 3.79. The van der Waals surface area contributed by atoms with E-state index < -0.39 is 10.0 Å². The summed E-state index contributed by atoms with van der Waals surface area (Å²) in [5.74, 6) is 0.158. The normalized spacial score (nSPS) is 18.4. The minimum atomic E-state index is -3.12. The zero-order valence-electron chi connectivity index (χ0n) is 11.6. The molecule has 1 saturated heterocycles. The van der Waals surface area contributed by atoms with E-state index in [0.29, 0.717) is 19.1 Å². The molecule has 0 aromatic rings. The van der Waals surface area contributed by atoms with Gasteiger partial charge < -0.3 is 10.2 Å². The molecule has 1 aliphatic rings. The molecule has 0 saturated carbocycles. The van der Waals surface area contributed by atoms with E-state index in [4.69, 9.17) is 0 Å². The van der Waals surface area contributed by atoms with Gasteiger partial charge in [-0.15, -0.1) is 0 Å². The Bertz CT molecular complexity index is 311. The van der Waals surface area contributed by atoms with Crippen LogP contribution in [0.5, 0.6) is 0 Å². The second-order valence-electron chi connectivity index (χ2n) is 5.22. The molecule has 0 amide bonds. The predicted molar refractivity (Wildman–Crippen MR) is 75.2 cm³/mol. The van der Waals surface area contributed by atoms with Gasteiger partial charge >= 0.3 is 0 Å². The maximum Gasteiger partial charge on any atom is 0.212 e. The highest BCUT2D eigenvalue weighted by molar-refractivity contribution is 7.89. The van der Waals surface area contributed by atoms with Crippen molar-refractivity contribution in [2.24, 2.45) is 0 Å². The van der Waals surface area contributed by atoms with Gasteiger partial charge in [0.05, 0.1) is 5.75 Å². The molecule has 0 radical (unpaired) electrons. The molecule has 5 nitrogen and oxygen atoms in total. The fraction of sp³-hybridized carbons (Fsp3) is 1.00. The molecule has 0 aromatic heterocycles. The van der Waals surface area contributed by atoms with Crippen molar-refractivity contribution in [2.45, 2.75) is 39.2 Å². The van der Waals surface area contributed by atoms with Gasteiger partial charge in [-0.3, -0.25) is 0 Å². The molecular formula is C12H27N3O2S. The van der Waals surface area contributed by atoms with Gasteiger partial charge in [0.15, 0.2) is 0 Å². The highest BCUT2D eigenvalue weighted by atomic mass is 32.2. The van der Waals surface area contributed by atoms with Gasteiger partial charge in [-0.1, -0.05) is 20.3 Å². The van der Waals surface area contributed by atoms with Crippen LogP contribution >= 0.6 is 0 Å². The molecule has 18 heavy (non-hydrogen) atoms. The lowest BCUT2D eigenvalue weighted by Crippen LogP contribution is -2.40. The zero-order chi connectivity index (χ0) is 13.4. The third-order valence-electron chi connectivity index (χ3n) is 3.12. The van der Waals surface area contributed by atoms with Gasteiger partial charge in [-0.2, -0.15) is 0 Å². The number of piperidine rings is 1. The minimum Gasteiger partial charge on any atom is -0.313 e. The zero-order valence-corrected chi connectivity index (χ0v) is 12.4. The van der Waals surface area contributed by atoms with Crippen molar-refractivity contribution in [2.75, 3.05) is 38.5 Å². The van der Waals surface area contributed by atoms with Crippen LogP contribution in [0.25, 0.3) is 0 Å². The summed E-state index contributed by atoms with van der Waals surface area (Å²) in [7, 11) is -3.12. The number of rotatable bonds is 8. The minimum absolute atomic E-state index is 0.158. The standard InChI is InChI=1S/C12H27N3O2S/c1-12(2)13-7-11-18(16,17)14-6-10-15-8-4-3-5-9-15/h12-14H,3-11H2,1-2H3. The van der Waals surface area contributed by atoms with E-state index in [0.717, 1.165) is 19.6 Å². The summed E-state index contributed by atoms with van der Waals surface area (Å²) in [6.45, 7) is 8.11. The Morgan fingerprint density at radius 3 is 2.39 bits per heavy atom. The number of hydrogen-bond donors (Lipinski definition) is 2. The first-order chi connectivity index (χ1) is 8.49. The quantitative estimate of drug-likeness (QED) is 0.674. The predicted octanol–water partition coefficient (Wildman–Crippen LogP) is 0.390. The van der Waals surface area contributed by atoms with Crippen LogP contribution in [-0.2, 0) is 10.0 Å². The molecule has 0 atom stereocenters. The van der Waals surface area contributed by atoms with Crippen LogP contribution < -0.4 is 10.0 Å². The highest BCUT2D eigenvalue weighted by Crippen LogP contribution is 2.07. The monoisotopic (exact) mass is 277 g/mol. The summed E-state index contributed by atoms with van der Waals surface area (Å²) >= 11 is 0. The Balaban J connectivity index is 2.12. The second-order valence-corrected chi connectivity index (χ2v) is 7.15. The van der Waals surface area contributed by atoms with E-state index in [1.165, 1.54) is 19.3 Å². The van der Waals surface area contributed by atoms with Crippen molar-refractivity contribution < 1.29 is 8.42 Å². The highest BCUT2D eigenvalue weighted by Gasteiger charge is 2.12. The SMILES string of the molecule is CC(C)NCCS(=O)(=O)NCCN1CCCCC1. The Morgan fingerprint density at radius 1 is 1.11 bits per heavy atom. The van der Waals surface area contributed by atoms with Crippen molar-refractivity contribution in [3.63, 3.8) is 0 Å². The van der Waals surface area contributed by atoms with E-state index >= 15 is 0 Å². The molecule has 2 N–H and O–H groups in total. The molecule has 0 unspecified atom stereocenters. The molecule has 0 aromatic carbocycles. The molecular weight excluding hydrogens is 250 g/mol. The number of nitrogens with one attached hydrogen (secondary N) is 2. The van der Waals surface area contributed by atoms with Gasteiger partial charge in [0.1, 0.15) is 0 Å². The molecule has 1 aliphatic heterocycles. The summed E-state index contributed by atoms with van der Waals surface area (Å²) in [6, 6.07) is 0.327. The van der Waals surface area contributed by atoms with Crippen molar-refractivity contribution in [1.82, 2.24) is 14.9 Å². The molecule has 108 valence electrons. The van der Waals surface area contributed by atoms with E-state index in [1.807, 2.05) is 13.8 Å². The van der Waals surface area contributed by atoms with Gasteiger partial charge in [0, 0.05) is 25.7 Å². The van der Waals surface area contributed by atoms with E-state index in [2.05, 4.69) is 14.9 Å². The lowest BCUT2D eigenvalue weighted by atomic mass is 10.1. The van der Waals surface area contributed by atoms with Crippen LogP contribution in [0.15, 0.2) is 0 Å². The van der Waals surface area contributed by atoms with Gasteiger partial charge in [-0.05, 0) is 25.9 Å². The van der Waals surface area contributed by atoms with Crippen molar-refractivity contribution >= 4 is 10.0 Å². The Hall–Kier alpha value is -0.170. The van der Waals surface area contributed by atoms with E-state index in [9.17, 15) is 8.42 Å². The van der Waals surface area contributed by atoms with Crippen LogP contribution in [-0.4, -0.2) is 57.8 Å². The third kappa shape index (κ3) is 7.31. The summed E-state index contributed by atoms with van der Waals surface area (Å²) in [4.78, 5) is 2.33. The average molecular weight is 277 g/mol. The topological polar surface area (TPSA) is 61.4 Å². The first-order valence-corrected chi connectivity index (χ1v) is 8.58. The van der Waals surface area contributed by atoms with Crippen LogP contribution in [0, 0.1) is 0 Å². The smallest absolute Gasteiger partial charge is 0.212 e. The molecule has 1 fully saturated rings. The largest absolute Gasteiger partial charge is 0.313 e. The maximum atomic E-state index is 11.7. The van der Waals surface area contributed by atoms with E-state index in [-0.39, 0.29) is 5.75 Å². The second kappa shape index (κ2) is 8.09. The van der Waals surface area contributed by atoms with Crippen LogP contribution in [0.1, 0.15) is 33.1 Å². The van der Waals surface area contributed by atoms with Crippen molar-refractivity contribution in [1.29, 1.82) is 0 Å². The average Bonchev–Trinajstić information content (AvgIpc) is 2.29. The Labute approximate surface area is 111 Å². The molecule has 1 rings (SSSR count). The van der Waals surface area contributed by atoms with Crippen molar-refractivity contribution in [3.8, 4) is 0 Å². The van der Waals surface area contributed by atoms with E-state index in [1.54, 1.807) is 0 Å². The molecule has 0 aliphatic carbocycles. The van der Waals surface area contributed by atoms with Gasteiger partial charge in [0.2, 0.25) is 10.0 Å². The summed E-state index contributed by atoms with van der Waals surface area (Å²) < 4.78 is 26.0. The molecule has 6 heteroatoms. The van der Waals surface area contributed by atoms with Crippen LogP contribution in [0.2, 0.25) is 0 Å². The lowest BCUT2D eigenvalue weighted by Gasteiger charge is -2.26. The van der Waals surface area contributed by atoms with Gasteiger partial charge in [0.25, 0.3) is 0 Å². The molecule has 0 bridgehead atoms. The van der Waals surface area contributed by atoms with Crippen LogP contribution in [0.4, 0.5) is 0 Å². The Kier molecular flexibility index (Phi) is 7.14. The summed E-state index contributed by atoms with van der Waals surface area (Å²) in [5, 5.41) is 3.11. The fourth-order valence-electron chi connectivity index (χ4n) is 2.10.